The number of benzene rings is 1. The molecule has 1 aliphatic heterocycles. The Hall–Kier alpha value is -0.900. The molecule has 1 aromatic carbocycles. The summed E-state index contributed by atoms with van der Waals surface area (Å²) in [6.07, 6.45) is 4.03. The van der Waals surface area contributed by atoms with Crippen molar-refractivity contribution < 1.29 is 0 Å². The van der Waals surface area contributed by atoms with Crippen LogP contribution in [0.1, 0.15) is 31.7 Å². The van der Waals surface area contributed by atoms with Crippen molar-refractivity contribution in [1.29, 1.82) is 0 Å². The molecule has 1 aliphatic rings. The summed E-state index contributed by atoms with van der Waals surface area (Å²) in [6.45, 7) is 8.66. The lowest BCUT2D eigenvalue weighted by Gasteiger charge is -2.38. The van der Waals surface area contributed by atoms with Gasteiger partial charge in [0.2, 0.25) is 0 Å². The summed E-state index contributed by atoms with van der Waals surface area (Å²) >= 11 is 0. The SMILES string of the molecule is CCN(Cc1ccccc1)C[C@@H]1CCCCN1CCN. The van der Waals surface area contributed by atoms with Crippen LogP contribution < -0.4 is 5.73 Å². The van der Waals surface area contributed by atoms with E-state index < -0.39 is 0 Å². The maximum Gasteiger partial charge on any atom is 0.0234 e. The van der Waals surface area contributed by atoms with Crippen molar-refractivity contribution in [2.45, 2.75) is 38.8 Å². The van der Waals surface area contributed by atoms with Crippen LogP contribution in [0, 0.1) is 0 Å². The van der Waals surface area contributed by atoms with Gasteiger partial charge in [-0.3, -0.25) is 9.80 Å². The fourth-order valence-electron chi connectivity index (χ4n) is 3.17. The molecule has 0 amide bonds. The van der Waals surface area contributed by atoms with Crippen molar-refractivity contribution in [3.63, 3.8) is 0 Å². The first kappa shape index (κ1) is 15.5. The Kier molecular flexibility index (Phi) is 6.51. The zero-order valence-electron chi connectivity index (χ0n) is 12.8. The van der Waals surface area contributed by atoms with Crippen molar-refractivity contribution in [2.24, 2.45) is 5.73 Å². The number of likely N-dealkylation sites (tertiary alicyclic amines) is 1. The molecule has 2 N–H and O–H groups in total. The van der Waals surface area contributed by atoms with Gasteiger partial charge in [0, 0.05) is 32.2 Å². The first-order valence-electron chi connectivity index (χ1n) is 8.04. The highest BCUT2D eigenvalue weighted by Gasteiger charge is 2.23. The first-order chi connectivity index (χ1) is 9.83. The van der Waals surface area contributed by atoms with Crippen LogP contribution in [-0.4, -0.2) is 48.6 Å². The minimum Gasteiger partial charge on any atom is -0.329 e. The third-order valence-electron chi connectivity index (χ3n) is 4.33. The maximum atomic E-state index is 5.75. The van der Waals surface area contributed by atoms with Crippen LogP contribution in [0.3, 0.4) is 0 Å². The molecule has 2 rings (SSSR count). The number of rotatable bonds is 7. The molecule has 20 heavy (non-hydrogen) atoms. The lowest BCUT2D eigenvalue weighted by Crippen LogP contribution is -2.48. The van der Waals surface area contributed by atoms with E-state index in [-0.39, 0.29) is 0 Å². The average molecular weight is 275 g/mol. The van der Waals surface area contributed by atoms with Gasteiger partial charge in [0.25, 0.3) is 0 Å². The number of hydrogen-bond donors (Lipinski definition) is 1. The van der Waals surface area contributed by atoms with Gasteiger partial charge in [-0.25, -0.2) is 0 Å². The van der Waals surface area contributed by atoms with Crippen molar-refractivity contribution in [2.75, 3.05) is 32.7 Å². The highest BCUT2D eigenvalue weighted by molar-refractivity contribution is 5.14. The number of piperidine rings is 1. The lowest BCUT2D eigenvalue weighted by molar-refractivity contribution is 0.106. The Balaban J connectivity index is 1.90. The quantitative estimate of drug-likeness (QED) is 0.829. The second-order valence-corrected chi connectivity index (χ2v) is 5.79. The molecular weight excluding hydrogens is 246 g/mol. The van der Waals surface area contributed by atoms with E-state index in [0.29, 0.717) is 6.04 Å². The topological polar surface area (TPSA) is 32.5 Å². The molecular formula is C17H29N3. The number of hydrogen-bond acceptors (Lipinski definition) is 3. The number of likely N-dealkylation sites (N-methyl/N-ethyl adjacent to an activating group) is 1. The smallest absolute Gasteiger partial charge is 0.0234 e. The molecule has 0 saturated carbocycles. The Morgan fingerprint density at radius 2 is 2.05 bits per heavy atom. The van der Waals surface area contributed by atoms with Crippen LogP contribution in [0.4, 0.5) is 0 Å². The van der Waals surface area contributed by atoms with Gasteiger partial charge in [-0.1, -0.05) is 43.7 Å². The van der Waals surface area contributed by atoms with Crippen molar-refractivity contribution in [3.8, 4) is 0 Å². The first-order valence-corrected chi connectivity index (χ1v) is 8.04. The third-order valence-corrected chi connectivity index (χ3v) is 4.33. The monoisotopic (exact) mass is 275 g/mol. The van der Waals surface area contributed by atoms with E-state index in [1.54, 1.807) is 0 Å². The fraction of sp³-hybridized carbons (Fsp3) is 0.647. The van der Waals surface area contributed by atoms with E-state index in [9.17, 15) is 0 Å². The molecule has 3 nitrogen and oxygen atoms in total. The largest absolute Gasteiger partial charge is 0.329 e. The second kappa shape index (κ2) is 8.40. The molecule has 0 spiro atoms. The highest BCUT2D eigenvalue weighted by Crippen LogP contribution is 2.18. The van der Waals surface area contributed by atoms with Crippen LogP contribution >= 0.6 is 0 Å². The van der Waals surface area contributed by atoms with Crippen LogP contribution in [0.15, 0.2) is 30.3 Å². The van der Waals surface area contributed by atoms with Gasteiger partial charge in [0.15, 0.2) is 0 Å². The number of nitrogens with zero attached hydrogens (tertiary/aromatic N) is 2. The standard InChI is InChI=1S/C17H29N3/c1-2-19(14-16-8-4-3-5-9-16)15-17-10-6-7-12-20(17)13-11-18/h3-5,8-9,17H,2,6-7,10-15,18H2,1H3/t17-/m0/s1. The van der Waals surface area contributed by atoms with Gasteiger partial charge in [-0.05, 0) is 31.5 Å². The molecule has 0 bridgehead atoms. The predicted octanol–water partition coefficient (Wildman–Crippen LogP) is 2.32. The molecule has 0 radical (unpaired) electrons. The van der Waals surface area contributed by atoms with E-state index in [4.69, 9.17) is 5.73 Å². The van der Waals surface area contributed by atoms with Crippen molar-refractivity contribution in [1.82, 2.24) is 9.80 Å². The Morgan fingerprint density at radius 1 is 1.25 bits per heavy atom. The number of nitrogens with two attached hydrogens (primary N) is 1. The van der Waals surface area contributed by atoms with E-state index in [2.05, 4.69) is 47.1 Å². The average Bonchev–Trinajstić information content (AvgIpc) is 2.50. The molecule has 1 saturated heterocycles. The summed E-state index contributed by atoms with van der Waals surface area (Å²) in [6, 6.07) is 11.5. The minimum absolute atomic E-state index is 0.691. The lowest BCUT2D eigenvalue weighted by atomic mass is 10.0. The Bertz CT molecular complexity index is 364. The maximum absolute atomic E-state index is 5.75. The van der Waals surface area contributed by atoms with E-state index in [1.165, 1.54) is 37.9 Å². The summed E-state index contributed by atoms with van der Waals surface area (Å²) in [5, 5.41) is 0. The zero-order chi connectivity index (χ0) is 14.2. The molecule has 3 heteroatoms. The van der Waals surface area contributed by atoms with Gasteiger partial charge in [0.1, 0.15) is 0 Å². The van der Waals surface area contributed by atoms with Gasteiger partial charge in [-0.2, -0.15) is 0 Å². The van der Waals surface area contributed by atoms with Crippen LogP contribution in [0.2, 0.25) is 0 Å². The molecule has 112 valence electrons. The van der Waals surface area contributed by atoms with Crippen LogP contribution in [-0.2, 0) is 6.54 Å². The summed E-state index contributed by atoms with van der Waals surface area (Å²) < 4.78 is 0. The summed E-state index contributed by atoms with van der Waals surface area (Å²) in [5.41, 5.74) is 7.17. The predicted molar refractivity (Wildman–Crippen MR) is 85.7 cm³/mol. The normalized spacial score (nSPS) is 20.4. The minimum atomic E-state index is 0.691. The van der Waals surface area contributed by atoms with Gasteiger partial charge in [-0.15, -0.1) is 0 Å². The molecule has 1 aromatic rings. The summed E-state index contributed by atoms with van der Waals surface area (Å²) in [4.78, 5) is 5.16. The second-order valence-electron chi connectivity index (χ2n) is 5.79. The van der Waals surface area contributed by atoms with E-state index in [1.807, 2.05) is 0 Å². The molecule has 1 fully saturated rings. The molecule has 0 aromatic heterocycles. The highest BCUT2D eigenvalue weighted by atomic mass is 15.2. The summed E-state index contributed by atoms with van der Waals surface area (Å²) in [7, 11) is 0. The molecule has 1 heterocycles. The molecule has 1 atom stereocenters. The summed E-state index contributed by atoms with van der Waals surface area (Å²) in [5.74, 6) is 0. The molecule has 0 unspecified atom stereocenters. The Morgan fingerprint density at radius 3 is 2.75 bits per heavy atom. The third kappa shape index (κ3) is 4.58. The van der Waals surface area contributed by atoms with Crippen LogP contribution in [0.25, 0.3) is 0 Å². The van der Waals surface area contributed by atoms with Crippen molar-refractivity contribution in [3.05, 3.63) is 35.9 Å². The zero-order valence-corrected chi connectivity index (χ0v) is 12.8. The van der Waals surface area contributed by atoms with Gasteiger partial charge >= 0.3 is 0 Å². The van der Waals surface area contributed by atoms with E-state index in [0.717, 1.165) is 26.2 Å². The van der Waals surface area contributed by atoms with Gasteiger partial charge < -0.3 is 5.73 Å². The Labute approximate surface area is 123 Å². The van der Waals surface area contributed by atoms with Crippen LogP contribution in [0.5, 0.6) is 0 Å². The fourth-order valence-corrected chi connectivity index (χ4v) is 3.17. The van der Waals surface area contributed by atoms with Gasteiger partial charge in [0.05, 0.1) is 0 Å². The van der Waals surface area contributed by atoms with E-state index >= 15 is 0 Å². The van der Waals surface area contributed by atoms with Crippen molar-refractivity contribution >= 4 is 0 Å². The molecule has 0 aliphatic carbocycles.